The van der Waals surface area contributed by atoms with Crippen LogP contribution in [0.2, 0.25) is 0 Å². The van der Waals surface area contributed by atoms with E-state index in [1.807, 2.05) is 0 Å². The highest BCUT2D eigenvalue weighted by Crippen LogP contribution is 2.08. The summed E-state index contributed by atoms with van der Waals surface area (Å²) >= 11 is 0. The first kappa shape index (κ1) is 15.4. The van der Waals surface area contributed by atoms with Crippen LogP contribution >= 0.6 is 0 Å². The van der Waals surface area contributed by atoms with Crippen LogP contribution in [0, 0.1) is 11.3 Å². The molecule has 0 fully saturated rings. The molecule has 0 rings (SSSR count). The molecule has 0 saturated heterocycles. The second-order valence-corrected chi connectivity index (χ2v) is 4.69. The Bertz CT molecular complexity index is 172. The Balaban J connectivity index is 3.06. The summed E-state index contributed by atoms with van der Waals surface area (Å²) in [5, 5.41) is 8.45. The van der Waals surface area contributed by atoms with Crippen LogP contribution in [0.4, 0.5) is 0 Å². The van der Waals surface area contributed by atoms with Crippen molar-refractivity contribution in [3.8, 4) is 6.07 Å². The molecular weight excluding hydrogens is 196 g/mol. The summed E-state index contributed by atoms with van der Waals surface area (Å²) in [6, 6.07) is 2.19. The predicted molar refractivity (Wildman–Crippen MR) is 70.3 cm³/mol. The van der Waals surface area contributed by atoms with E-state index >= 15 is 0 Å². The van der Waals surface area contributed by atoms with E-state index in [1.165, 1.54) is 51.4 Å². The smallest absolute Gasteiger partial charge is 0.0635 e. The Morgan fingerprint density at radius 3 is 2.00 bits per heavy atom. The van der Waals surface area contributed by atoms with Crippen molar-refractivity contribution in [1.82, 2.24) is 4.90 Å². The predicted octanol–water partition coefficient (Wildman–Crippen LogP) is 3.97. The Hall–Kier alpha value is -0.550. The largest absolute Gasteiger partial charge is 0.305 e. The van der Waals surface area contributed by atoms with E-state index in [-0.39, 0.29) is 0 Å². The third-order valence-corrected chi connectivity index (χ3v) is 3.00. The molecule has 0 aliphatic rings. The second-order valence-electron chi connectivity index (χ2n) is 4.69. The molecule has 0 saturated carbocycles. The van der Waals surface area contributed by atoms with Crippen LogP contribution < -0.4 is 0 Å². The van der Waals surface area contributed by atoms with E-state index in [2.05, 4.69) is 24.9 Å². The van der Waals surface area contributed by atoms with E-state index in [9.17, 15) is 0 Å². The number of nitrogens with zero attached hydrogens (tertiary/aromatic N) is 2. The van der Waals surface area contributed by atoms with Gasteiger partial charge in [-0.2, -0.15) is 5.26 Å². The minimum Gasteiger partial charge on any atom is -0.305 e. The highest BCUT2D eigenvalue weighted by atomic mass is 15.1. The molecule has 0 aliphatic heterocycles. The molecule has 0 bridgehead atoms. The van der Waals surface area contributed by atoms with Crippen molar-refractivity contribution in [3.05, 3.63) is 0 Å². The summed E-state index contributed by atoms with van der Waals surface area (Å²) < 4.78 is 0. The maximum Gasteiger partial charge on any atom is 0.0635 e. The van der Waals surface area contributed by atoms with Gasteiger partial charge in [0.15, 0.2) is 0 Å². The topological polar surface area (TPSA) is 27.0 Å². The Morgan fingerprint density at radius 2 is 1.44 bits per heavy atom. The zero-order valence-corrected chi connectivity index (χ0v) is 11.2. The molecule has 0 radical (unpaired) electrons. The van der Waals surface area contributed by atoms with Gasteiger partial charge in [-0.05, 0) is 20.0 Å². The van der Waals surface area contributed by atoms with Crippen molar-refractivity contribution in [2.24, 2.45) is 0 Å². The van der Waals surface area contributed by atoms with Gasteiger partial charge < -0.3 is 4.90 Å². The molecule has 94 valence electrons. The van der Waals surface area contributed by atoms with Crippen molar-refractivity contribution in [2.75, 3.05) is 20.1 Å². The second kappa shape index (κ2) is 12.5. The Labute approximate surface area is 102 Å². The van der Waals surface area contributed by atoms with Crippen LogP contribution in [-0.2, 0) is 0 Å². The molecule has 0 unspecified atom stereocenters. The fraction of sp³-hybridized carbons (Fsp3) is 0.929. The average molecular weight is 224 g/mol. The van der Waals surface area contributed by atoms with E-state index in [0.717, 1.165) is 13.1 Å². The van der Waals surface area contributed by atoms with Crippen LogP contribution in [0.1, 0.15) is 64.7 Å². The van der Waals surface area contributed by atoms with Crippen LogP contribution in [0.25, 0.3) is 0 Å². The number of unbranched alkanes of at least 4 members (excludes halogenated alkanes) is 7. The SMILES string of the molecule is CCCCCCCCCCN(C)CCC#N. The van der Waals surface area contributed by atoms with Gasteiger partial charge in [0.05, 0.1) is 6.07 Å². The Morgan fingerprint density at radius 1 is 0.875 bits per heavy atom. The normalized spacial score (nSPS) is 10.6. The number of nitriles is 1. The standard InChI is InChI=1S/C14H28N2/c1-3-4-5-6-7-8-9-10-13-16(2)14-11-12-15/h3-11,13-14H2,1-2H3. The first-order chi connectivity index (χ1) is 7.81. The van der Waals surface area contributed by atoms with E-state index in [4.69, 9.17) is 5.26 Å². The molecule has 2 nitrogen and oxygen atoms in total. The number of rotatable bonds is 11. The third-order valence-electron chi connectivity index (χ3n) is 3.00. The molecule has 0 amide bonds. The van der Waals surface area contributed by atoms with Crippen molar-refractivity contribution < 1.29 is 0 Å². The van der Waals surface area contributed by atoms with Gasteiger partial charge in [0.25, 0.3) is 0 Å². The molecule has 0 N–H and O–H groups in total. The van der Waals surface area contributed by atoms with Crippen molar-refractivity contribution in [3.63, 3.8) is 0 Å². The Kier molecular flexibility index (Phi) is 12.1. The summed E-state index contributed by atoms with van der Waals surface area (Å²) in [6.07, 6.45) is 11.7. The molecule has 0 atom stereocenters. The van der Waals surface area contributed by atoms with Gasteiger partial charge in [-0.15, -0.1) is 0 Å². The molecule has 0 aromatic heterocycles. The monoisotopic (exact) mass is 224 g/mol. The molecular formula is C14H28N2. The van der Waals surface area contributed by atoms with Crippen molar-refractivity contribution in [1.29, 1.82) is 5.26 Å². The van der Waals surface area contributed by atoms with Gasteiger partial charge in [-0.25, -0.2) is 0 Å². The summed E-state index contributed by atoms with van der Waals surface area (Å²) in [4.78, 5) is 2.26. The van der Waals surface area contributed by atoms with Crippen molar-refractivity contribution >= 4 is 0 Å². The van der Waals surface area contributed by atoms with Crippen LogP contribution in [-0.4, -0.2) is 25.0 Å². The van der Waals surface area contributed by atoms with Gasteiger partial charge in [-0.1, -0.05) is 51.9 Å². The minimum absolute atomic E-state index is 0.660. The maximum absolute atomic E-state index is 8.45. The summed E-state index contributed by atoms with van der Waals surface area (Å²) in [7, 11) is 2.11. The fourth-order valence-electron chi connectivity index (χ4n) is 1.87. The lowest BCUT2D eigenvalue weighted by Crippen LogP contribution is -2.20. The summed E-state index contributed by atoms with van der Waals surface area (Å²) in [5.41, 5.74) is 0. The van der Waals surface area contributed by atoms with Gasteiger partial charge in [-0.3, -0.25) is 0 Å². The number of hydrogen-bond donors (Lipinski definition) is 0. The van der Waals surface area contributed by atoms with Gasteiger partial charge in [0.1, 0.15) is 0 Å². The van der Waals surface area contributed by atoms with E-state index < -0.39 is 0 Å². The third kappa shape index (κ3) is 11.5. The maximum atomic E-state index is 8.45. The molecule has 2 heteroatoms. The molecule has 16 heavy (non-hydrogen) atoms. The van der Waals surface area contributed by atoms with E-state index in [1.54, 1.807) is 0 Å². The molecule has 0 spiro atoms. The van der Waals surface area contributed by atoms with Crippen molar-refractivity contribution in [2.45, 2.75) is 64.7 Å². The number of hydrogen-bond acceptors (Lipinski definition) is 2. The first-order valence-corrected chi connectivity index (χ1v) is 6.86. The highest BCUT2D eigenvalue weighted by molar-refractivity contribution is 4.70. The zero-order valence-electron chi connectivity index (χ0n) is 11.2. The molecule has 0 aromatic rings. The quantitative estimate of drug-likeness (QED) is 0.496. The average Bonchev–Trinajstić information content (AvgIpc) is 2.30. The molecule has 0 heterocycles. The minimum atomic E-state index is 0.660. The molecule has 0 aliphatic carbocycles. The van der Waals surface area contributed by atoms with E-state index in [0.29, 0.717) is 6.42 Å². The zero-order chi connectivity index (χ0) is 12.1. The van der Waals surface area contributed by atoms with Crippen LogP contribution in [0.15, 0.2) is 0 Å². The van der Waals surface area contributed by atoms with Crippen LogP contribution in [0.3, 0.4) is 0 Å². The lowest BCUT2D eigenvalue weighted by molar-refractivity contribution is 0.331. The fourth-order valence-corrected chi connectivity index (χ4v) is 1.87. The van der Waals surface area contributed by atoms with Gasteiger partial charge >= 0.3 is 0 Å². The van der Waals surface area contributed by atoms with Gasteiger partial charge in [0.2, 0.25) is 0 Å². The first-order valence-electron chi connectivity index (χ1n) is 6.86. The lowest BCUT2D eigenvalue weighted by atomic mass is 10.1. The lowest BCUT2D eigenvalue weighted by Gasteiger charge is -2.14. The molecule has 0 aromatic carbocycles. The van der Waals surface area contributed by atoms with Gasteiger partial charge in [0, 0.05) is 13.0 Å². The highest BCUT2D eigenvalue weighted by Gasteiger charge is 1.97. The summed E-state index contributed by atoms with van der Waals surface area (Å²) in [5.74, 6) is 0. The summed E-state index contributed by atoms with van der Waals surface area (Å²) in [6.45, 7) is 4.33. The van der Waals surface area contributed by atoms with Crippen LogP contribution in [0.5, 0.6) is 0 Å².